The van der Waals surface area contributed by atoms with Crippen LogP contribution in [-0.2, 0) is 0 Å². The lowest BCUT2D eigenvalue weighted by molar-refractivity contribution is 0.110. The van der Waals surface area contributed by atoms with Crippen LogP contribution in [0.15, 0.2) is 12.7 Å². The molecule has 2 aliphatic heterocycles. The smallest absolute Gasteiger partial charge is 0.0233 e. The molecule has 0 radical (unpaired) electrons. The van der Waals surface area contributed by atoms with Crippen molar-refractivity contribution in [3.63, 3.8) is 0 Å². The van der Waals surface area contributed by atoms with Gasteiger partial charge in [-0.3, -0.25) is 9.80 Å². The highest BCUT2D eigenvalue weighted by molar-refractivity contribution is 4.85. The van der Waals surface area contributed by atoms with Gasteiger partial charge in [-0.05, 0) is 13.0 Å². The molecule has 0 aliphatic carbocycles. The van der Waals surface area contributed by atoms with Crippen LogP contribution < -0.4 is 5.32 Å². The van der Waals surface area contributed by atoms with Crippen molar-refractivity contribution in [2.75, 3.05) is 45.8 Å². The van der Waals surface area contributed by atoms with Gasteiger partial charge in [0.2, 0.25) is 0 Å². The fourth-order valence-corrected chi connectivity index (χ4v) is 2.44. The van der Waals surface area contributed by atoms with Crippen LogP contribution in [0.5, 0.6) is 0 Å². The Hall–Kier alpha value is -0.380. The zero-order valence-electron chi connectivity index (χ0n) is 8.91. The highest BCUT2D eigenvalue weighted by Crippen LogP contribution is 2.11. The van der Waals surface area contributed by atoms with E-state index in [1.165, 1.54) is 45.7 Å². The Morgan fingerprint density at radius 3 is 2.64 bits per heavy atom. The third-order valence-electron chi connectivity index (χ3n) is 3.34. The van der Waals surface area contributed by atoms with E-state index in [0.717, 1.165) is 12.6 Å². The summed E-state index contributed by atoms with van der Waals surface area (Å²) < 4.78 is 0. The van der Waals surface area contributed by atoms with E-state index in [1.54, 1.807) is 0 Å². The maximum absolute atomic E-state index is 3.79. The molecular formula is C11H21N3. The lowest BCUT2D eigenvalue weighted by Crippen LogP contribution is -2.50. The van der Waals surface area contributed by atoms with Gasteiger partial charge in [-0.25, -0.2) is 0 Å². The minimum absolute atomic E-state index is 0.806. The molecule has 2 heterocycles. The topological polar surface area (TPSA) is 18.5 Å². The Bertz CT molecular complexity index is 179. The quantitative estimate of drug-likeness (QED) is 0.647. The summed E-state index contributed by atoms with van der Waals surface area (Å²) in [4.78, 5) is 5.12. The Balaban J connectivity index is 1.74. The fraction of sp³-hybridized carbons (Fsp3) is 0.818. The molecule has 2 saturated heterocycles. The Morgan fingerprint density at radius 2 is 2.07 bits per heavy atom. The van der Waals surface area contributed by atoms with E-state index in [2.05, 4.69) is 21.7 Å². The van der Waals surface area contributed by atoms with Crippen LogP contribution >= 0.6 is 0 Å². The number of piperazine rings is 1. The van der Waals surface area contributed by atoms with E-state index in [4.69, 9.17) is 0 Å². The predicted molar refractivity (Wildman–Crippen MR) is 59.5 cm³/mol. The standard InChI is InChI=1S/C11H21N3/c1-2-5-13-6-8-14(9-7-13)11-3-4-12-10-11/h2,11-12H,1,3-10H2/t11-/m1/s1. The molecule has 3 nitrogen and oxygen atoms in total. The SMILES string of the molecule is C=CCN1CCN([C@@H]2CCNC2)CC1. The molecule has 0 bridgehead atoms. The fourth-order valence-electron chi connectivity index (χ4n) is 2.44. The number of nitrogens with one attached hydrogen (secondary N) is 1. The summed E-state index contributed by atoms with van der Waals surface area (Å²) in [5.41, 5.74) is 0. The number of hydrogen-bond acceptors (Lipinski definition) is 3. The molecule has 0 unspecified atom stereocenters. The van der Waals surface area contributed by atoms with Gasteiger partial charge in [0.1, 0.15) is 0 Å². The van der Waals surface area contributed by atoms with Crippen LogP contribution in [0.25, 0.3) is 0 Å². The highest BCUT2D eigenvalue weighted by atomic mass is 15.3. The summed E-state index contributed by atoms with van der Waals surface area (Å²) >= 11 is 0. The molecule has 0 aromatic heterocycles. The lowest BCUT2D eigenvalue weighted by Gasteiger charge is -2.37. The van der Waals surface area contributed by atoms with Crippen molar-refractivity contribution in [2.24, 2.45) is 0 Å². The van der Waals surface area contributed by atoms with Gasteiger partial charge in [-0.1, -0.05) is 6.08 Å². The van der Waals surface area contributed by atoms with Crippen LogP contribution in [0.3, 0.4) is 0 Å². The molecule has 1 N–H and O–H groups in total. The summed E-state index contributed by atoms with van der Waals surface area (Å²) in [6.07, 6.45) is 3.34. The molecule has 1 atom stereocenters. The zero-order chi connectivity index (χ0) is 9.80. The maximum Gasteiger partial charge on any atom is 0.0233 e. The Labute approximate surface area is 86.8 Å². The number of rotatable bonds is 3. The minimum atomic E-state index is 0.806. The number of hydrogen-bond donors (Lipinski definition) is 1. The second-order valence-electron chi connectivity index (χ2n) is 4.27. The monoisotopic (exact) mass is 195 g/mol. The molecule has 2 fully saturated rings. The van der Waals surface area contributed by atoms with Gasteiger partial charge in [0.25, 0.3) is 0 Å². The van der Waals surface area contributed by atoms with Crippen LogP contribution in [0.2, 0.25) is 0 Å². The summed E-state index contributed by atoms with van der Waals surface area (Å²) in [5, 5.41) is 3.43. The molecule has 0 aromatic rings. The molecule has 80 valence electrons. The van der Waals surface area contributed by atoms with Crippen LogP contribution in [-0.4, -0.2) is 61.7 Å². The molecule has 2 rings (SSSR count). The van der Waals surface area contributed by atoms with Crippen molar-refractivity contribution in [2.45, 2.75) is 12.5 Å². The summed E-state index contributed by atoms with van der Waals surface area (Å²) in [5.74, 6) is 0. The molecule has 0 saturated carbocycles. The first-order valence-electron chi connectivity index (χ1n) is 5.68. The van der Waals surface area contributed by atoms with E-state index in [1.807, 2.05) is 6.08 Å². The van der Waals surface area contributed by atoms with E-state index < -0.39 is 0 Å². The van der Waals surface area contributed by atoms with Gasteiger partial charge in [0.05, 0.1) is 0 Å². The van der Waals surface area contributed by atoms with E-state index in [9.17, 15) is 0 Å². The third-order valence-corrected chi connectivity index (χ3v) is 3.34. The van der Waals surface area contributed by atoms with E-state index in [-0.39, 0.29) is 0 Å². The Kier molecular flexibility index (Phi) is 3.56. The molecule has 2 aliphatic rings. The highest BCUT2D eigenvalue weighted by Gasteiger charge is 2.25. The third kappa shape index (κ3) is 2.35. The van der Waals surface area contributed by atoms with Gasteiger partial charge in [0.15, 0.2) is 0 Å². The normalized spacial score (nSPS) is 30.7. The first kappa shape index (κ1) is 10.1. The largest absolute Gasteiger partial charge is 0.315 e. The second-order valence-corrected chi connectivity index (χ2v) is 4.27. The first-order valence-corrected chi connectivity index (χ1v) is 5.68. The van der Waals surface area contributed by atoms with Gasteiger partial charge in [-0.2, -0.15) is 0 Å². The molecule has 0 amide bonds. The van der Waals surface area contributed by atoms with Gasteiger partial charge < -0.3 is 5.32 Å². The van der Waals surface area contributed by atoms with Crippen molar-refractivity contribution in [1.82, 2.24) is 15.1 Å². The summed E-state index contributed by atoms with van der Waals surface area (Å²) in [7, 11) is 0. The van der Waals surface area contributed by atoms with Crippen LogP contribution in [0.1, 0.15) is 6.42 Å². The van der Waals surface area contributed by atoms with Crippen molar-refractivity contribution in [3.8, 4) is 0 Å². The van der Waals surface area contributed by atoms with Crippen molar-refractivity contribution in [1.29, 1.82) is 0 Å². The first-order chi connectivity index (χ1) is 6.90. The van der Waals surface area contributed by atoms with Crippen molar-refractivity contribution in [3.05, 3.63) is 12.7 Å². The summed E-state index contributed by atoms with van der Waals surface area (Å²) in [6.45, 7) is 12.1. The van der Waals surface area contributed by atoms with Crippen molar-refractivity contribution < 1.29 is 0 Å². The average Bonchev–Trinajstić information content (AvgIpc) is 2.72. The predicted octanol–water partition coefficient (Wildman–Crippen LogP) is 0.152. The number of nitrogens with zero attached hydrogens (tertiary/aromatic N) is 2. The zero-order valence-corrected chi connectivity index (χ0v) is 8.91. The van der Waals surface area contributed by atoms with E-state index in [0.29, 0.717) is 0 Å². The van der Waals surface area contributed by atoms with Gasteiger partial charge in [-0.15, -0.1) is 6.58 Å². The lowest BCUT2D eigenvalue weighted by atomic mass is 10.2. The van der Waals surface area contributed by atoms with Crippen molar-refractivity contribution >= 4 is 0 Å². The van der Waals surface area contributed by atoms with Gasteiger partial charge in [0, 0.05) is 45.3 Å². The molecule has 3 heteroatoms. The average molecular weight is 195 g/mol. The molecular weight excluding hydrogens is 174 g/mol. The van der Waals surface area contributed by atoms with Gasteiger partial charge >= 0.3 is 0 Å². The van der Waals surface area contributed by atoms with E-state index >= 15 is 0 Å². The minimum Gasteiger partial charge on any atom is -0.315 e. The second kappa shape index (κ2) is 4.91. The molecule has 0 spiro atoms. The Morgan fingerprint density at radius 1 is 1.29 bits per heavy atom. The van der Waals surface area contributed by atoms with Crippen LogP contribution in [0, 0.1) is 0 Å². The summed E-state index contributed by atoms with van der Waals surface area (Å²) in [6, 6.07) is 0.806. The maximum atomic E-state index is 3.79. The van der Waals surface area contributed by atoms with Crippen LogP contribution in [0.4, 0.5) is 0 Å². The molecule has 0 aromatic carbocycles. The molecule has 14 heavy (non-hydrogen) atoms.